The van der Waals surface area contributed by atoms with Crippen LogP contribution in [0.4, 0.5) is 0 Å². The van der Waals surface area contributed by atoms with Crippen molar-refractivity contribution in [3.05, 3.63) is 0 Å². The Balaban J connectivity index is 2.73. The number of likely N-dealkylation sites (N-methyl/N-ethyl adjacent to an activating group) is 1. The van der Waals surface area contributed by atoms with Crippen molar-refractivity contribution in [3.8, 4) is 0 Å². The average Bonchev–Trinajstić information content (AvgIpc) is 2.36. The molecule has 106 valence electrons. The fourth-order valence-corrected chi connectivity index (χ4v) is 2.33. The van der Waals surface area contributed by atoms with Gasteiger partial charge in [-0.25, -0.2) is 0 Å². The minimum atomic E-state index is -0.571. The van der Waals surface area contributed by atoms with Crippen LogP contribution in [-0.2, 0) is 4.79 Å². The van der Waals surface area contributed by atoms with Crippen molar-refractivity contribution in [1.29, 1.82) is 0 Å². The maximum atomic E-state index is 12.5. The third kappa shape index (κ3) is 3.67. The molecule has 0 spiro atoms. The summed E-state index contributed by atoms with van der Waals surface area (Å²) in [5, 5.41) is 12.2. The SMILES string of the molecule is CNC(C)(C)C(=O)N(CCO)C1CCN(C)CC1. The first kappa shape index (κ1) is 15.4. The number of piperidine rings is 1. The predicted octanol–water partition coefficient (Wildman–Crippen LogP) is -0.100. The molecule has 5 heteroatoms. The van der Waals surface area contributed by atoms with Crippen LogP contribution in [0.1, 0.15) is 26.7 Å². The number of aliphatic hydroxyl groups is 1. The highest BCUT2D eigenvalue weighted by Crippen LogP contribution is 2.19. The first-order chi connectivity index (χ1) is 8.42. The van der Waals surface area contributed by atoms with Gasteiger partial charge in [-0.2, -0.15) is 0 Å². The summed E-state index contributed by atoms with van der Waals surface area (Å²) in [6, 6.07) is 0.258. The van der Waals surface area contributed by atoms with Crippen LogP contribution < -0.4 is 5.32 Å². The van der Waals surface area contributed by atoms with Crippen LogP contribution in [0.15, 0.2) is 0 Å². The van der Waals surface area contributed by atoms with E-state index in [1.807, 2.05) is 18.7 Å². The molecule has 0 saturated carbocycles. The molecule has 1 amide bonds. The number of aliphatic hydroxyl groups excluding tert-OH is 1. The summed E-state index contributed by atoms with van der Waals surface area (Å²) in [7, 11) is 3.90. The average molecular weight is 257 g/mol. The van der Waals surface area contributed by atoms with Gasteiger partial charge in [0.15, 0.2) is 0 Å². The molecular formula is C13H27N3O2. The van der Waals surface area contributed by atoms with Crippen molar-refractivity contribution < 1.29 is 9.90 Å². The van der Waals surface area contributed by atoms with E-state index >= 15 is 0 Å². The van der Waals surface area contributed by atoms with E-state index in [1.165, 1.54) is 0 Å². The Labute approximate surface area is 110 Å². The molecule has 5 nitrogen and oxygen atoms in total. The van der Waals surface area contributed by atoms with Crippen molar-refractivity contribution in [2.45, 2.75) is 38.3 Å². The lowest BCUT2D eigenvalue weighted by Gasteiger charge is -2.40. The van der Waals surface area contributed by atoms with Gasteiger partial charge in [0, 0.05) is 12.6 Å². The molecule has 18 heavy (non-hydrogen) atoms. The predicted molar refractivity (Wildman–Crippen MR) is 72.5 cm³/mol. The second kappa shape index (κ2) is 6.50. The van der Waals surface area contributed by atoms with Crippen molar-refractivity contribution in [2.75, 3.05) is 40.3 Å². The lowest BCUT2D eigenvalue weighted by atomic mass is 9.98. The number of amides is 1. The van der Waals surface area contributed by atoms with E-state index in [1.54, 1.807) is 7.05 Å². The van der Waals surface area contributed by atoms with Crippen LogP contribution >= 0.6 is 0 Å². The van der Waals surface area contributed by atoms with Crippen molar-refractivity contribution in [3.63, 3.8) is 0 Å². The van der Waals surface area contributed by atoms with Crippen LogP contribution in [0.3, 0.4) is 0 Å². The lowest BCUT2D eigenvalue weighted by molar-refractivity contribution is -0.141. The molecule has 2 N–H and O–H groups in total. The van der Waals surface area contributed by atoms with Crippen molar-refractivity contribution >= 4 is 5.91 Å². The highest BCUT2D eigenvalue weighted by molar-refractivity contribution is 5.85. The first-order valence-electron chi connectivity index (χ1n) is 6.71. The number of nitrogens with zero attached hydrogens (tertiary/aromatic N) is 2. The molecule has 0 aromatic rings. The smallest absolute Gasteiger partial charge is 0.242 e. The molecule has 0 bridgehead atoms. The molecular weight excluding hydrogens is 230 g/mol. The number of rotatable bonds is 5. The minimum Gasteiger partial charge on any atom is -0.395 e. The Kier molecular flexibility index (Phi) is 5.56. The van der Waals surface area contributed by atoms with E-state index in [4.69, 9.17) is 0 Å². The number of hydrogen-bond donors (Lipinski definition) is 2. The molecule has 0 aromatic carbocycles. The summed E-state index contributed by atoms with van der Waals surface area (Å²) >= 11 is 0. The molecule has 1 aliphatic heterocycles. The number of carbonyl (C=O) groups is 1. The Hall–Kier alpha value is -0.650. The monoisotopic (exact) mass is 257 g/mol. The summed E-state index contributed by atoms with van der Waals surface area (Å²) < 4.78 is 0. The summed E-state index contributed by atoms with van der Waals surface area (Å²) in [5.74, 6) is 0.0774. The zero-order chi connectivity index (χ0) is 13.8. The van der Waals surface area contributed by atoms with Gasteiger partial charge in [0.1, 0.15) is 0 Å². The van der Waals surface area contributed by atoms with Gasteiger partial charge in [-0.3, -0.25) is 4.79 Å². The van der Waals surface area contributed by atoms with E-state index in [-0.39, 0.29) is 18.6 Å². The Morgan fingerprint density at radius 3 is 2.44 bits per heavy atom. The number of hydrogen-bond acceptors (Lipinski definition) is 4. The maximum absolute atomic E-state index is 12.5. The van der Waals surface area contributed by atoms with Gasteiger partial charge < -0.3 is 20.2 Å². The van der Waals surface area contributed by atoms with Crippen LogP contribution in [-0.4, -0.2) is 72.7 Å². The second-order valence-corrected chi connectivity index (χ2v) is 5.63. The fraction of sp³-hybridized carbons (Fsp3) is 0.923. The van der Waals surface area contributed by atoms with Gasteiger partial charge in [0.05, 0.1) is 12.1 Å². The summed E-state index contributed by atoms with van der Waals surface area (Å²) in [4.78, 5) is 16.6. The van der Waals surface area contributed by atoms with E-state index in [0.717, 1.165) is 25.9 Å². The molecule has 0 unspecified atom stereocenters. The quantitative estimate of drug-likeness (QED) is 0.722. The number of carbonyl (C=O) groups excluding carboxylic acids is 1. The summed E-state index contributed by atoms with van der Waals surface area (Å²) in [6.45, 7) is 6.25. The molecule has 1 heterocycles. The summed E-state index contributed by atoms with van der Waals surface area (Å²) in [6.07, 6.45) is 1.98. The van der Waals surface area contributed by atoms with Crippen LogP contribution in [0.2, 0.25) is 0 Å². The molecule has 0 radical (unpaired) electrons. The Morgan fingerprint density at radius 2 is 2.00 bits per heavy atom. The molecule has 1 fully saturated rings. The molecule has 0 aromatic heterocycles. The normalized spacial score (nSPS) is 18.9. The standard InChI is InChI=1S/C13H27N3O2/c1-13(2,14-3)12(18)16(9-10-17)11-5-7-15(4)8-6-11/h11,14,17H,5-10H2,1-4H3. The number of nitrogens with one attached hydrogen (secondary N) is 1. The van der Waals surface area contributed by atoms with Gasteiger partial charge in [-0.15, -0.1) is 0 Å². The van der Waals surface area contributed by atoms with Gasteiger partial charge in [-0.1, -0.05) is 0 Å². The first-order valence-corrected chi connectivity index (χ1v) is 6.71. The zero-order valence-electron chi connectivity index (χ0n) is 12.1. The maximum Gasteiger partial charge on any atom is 0.242 e. The van der Waals surface area contributed by atoms with Crippen molar-refractivity contribution in [2.24, 2.45) is 0 Å². The number of likely N-dealkylation sites (tertiary alicyclic amines) is 1. The molecule has 1 rings (SSSR count). The second-order valence-electron chi connectivity index (χ2n) is 5.63. The van der Waals surface area contributed by atoms with Gasteiger partial charge in [0.25, 0.3) is 0 Å². The largest absolute Gasteiger partial charge is 0.395 e. The molecule has 0 atom stereocenters. The van der Waals surface area contributed by atoms with Gasteiger partial charge in [0.2, 0.25) is 5.91 Å². The third-order valence-corrected chi connectivity index (χ3v) is 3.89. The van der Waals surface area contributed by atoms with Crippen LogP contribution in [0.5, 0.6) is 0 Å². The Bertz CT molecular complexity index is 273. The third-order valence-electron chi connectivity index (χ3n) is 3.89. The fourth-order valence-electron chi connectivity index (χ4n) is 2.33. The molecule has 0 aliphatic carbocycles. The van der Waals surface area contributed by atoms with Gasteiger partial charge >= 0.3 is 0 Å². The van der Waals surface area contributed by atoms with Crippen molar-refractivity contribution in [1.82, 2.24) is 15.1 Å². The summed E-state index contributed by atoms with van der Waals surface area (Å²) in [5.41, 5.74) is -0.571. The van der Waals surface area contributed by atoms with Crippen LogP contribution in [0.25, 0.3) is 0 Å². The molecule has 1 saturated heterocycles. The highest BCUT2D eigenvalue weighted by Gasteiger charge is 2.34. The van der Waals surface area contributed by atoms with Crippen LogP contribution in [0, 0.1) is 0 Å². The lowest BCUT2D eigenvalue weighted by Crippen LogP contribution is -2.57. The van der Waals surface area contributed by atoms with E-state index in [0.29, 0.717) is 6.54 Å². The minimum absolute atomic E-state index is 0.0257. The van der Waals surface area contributed by atoms with E-state index < -0.39 is 5.54 Å². The molecule has 1 aliphatic rings. The topological polar surface area (TPSA) is 55.8 Å². The zero-order valence-corrected chi connectivity index (χ0v) is 12.1. The van der Waals surface area contributed by atoms with Gasteiger partial charge in [-0.05, 0) is 53.9 Å². The van der Waals surface area contributed by atoms with E-state index in [9.17, 15) is 9.90 Å². The van der Waals surface area contributed by atoms with E-state index in [2.05, 4.69) is 17.3 Å². The Morgan fingerprint density at radius 1 is 1.44 bits per heavy atom. The highest BCUT2D eigenvalue weighted by atomic mass is 16.3.